The molecule has 0 radical (unpaired) electrons. The predicted molar refractivity (Wildman–Crippen MR) is 83.4 cm³/mol. The highest BCUT2D eigenvalue weighted by Crippen LogP contribution is 2.35. The van der Waals surface area contributed by atoms with Crippen LogP contribution in [0.5, 0.6) is 0 Å². The van der Waals surface area contributed by atoms with Gasteiger partial charge in [-0.25, -0.2) is 4.79 Å². The molecular formula is C17H27NO2. The summed E-state index contributed by atoms with van der Waals surface area (Å²) in [7, 11) is 0. The molecule has 3 nitrogen and oxygen atoms in total. The monoisotopic (exact) mass is 277 g/mol. The zero-order valence-corrected chi connectivity index (χ0v) is 13.7. The molecule has 1 aromatic carbocycles. The highest BCUT2D eigenvalue weighted by molar-refractivity contribution is 5.64. The van der Waals surface area contributed by atoms with Gasteiger partial charge in [-0.2, -0.15) is 0 Å². The van der Waals surface area contributed by atoms with Crippen molar-refractivity contribution in [1.82, 2.24) is 5.32 Å². The van der Waals surface area contributed by atoms with E-state index in [1.54, 1.807) is 0 Å². The summed E-state index contributed by atoms with van der Waals surface area (Å²) >= 11 is 0. The van der Waals surface area contributed by atoms with Gasteiger partial charge in [-0.05, 0) is 34.4 Å². The summed E-state index contributed by atoms with van der Waals surface area (Å²) in [4.78, 5) is 10.9. The van der Waals surface area contributed by atoms with Crippen LogP contribution in [-0.4, -0.2) is 11.2 Å². The van der Waals surface area contributed by atoms with Crippen LogP contribution >= 0.6 is 0 Å². The van der Waals surface area contributed by atoms with Crippen molar-refractivity contribution in [3.8, 4) is 0 Å². The molecule has 0 heterocycles. The van der Waals surface area contributed by atoms with E-state index in [4.69, 9.17) is 5.11 Å². The molecule has 0 aliphatic rings. The fourth-order valence-electron chi connectivity index (χ4n) is 2.51. The quantitative estimate of drug-likeness (QED) is 0.844. The molecule has 0 spiro atoms. The molecule has 0 aliphatic heterocycles. The van der Waals surface area contributed by atoms with Crippen LogP contribution in [0.25, 0.3) is 0 Å². The molecule has 0 saturated carbocycles. The van der Waals surface area contributed by atoms with Gasteiger partial charge in [0.25, 0.3) is 0 Å². The maximum absolute atomic E-state index is 10.9. The second-order valence-corrected chi connectivity index (χ2v) is 7.50. The van der Waals surface area contributed by atoms with Gasteiger partial charge >= 0.3 is 6.09 Å². The largest absolute Gasteiger partial charge is 0.465 e. The molecule has 0 unspecified atom stereocenters. The molecule has 1 amide bonds. The Kier molecular flexibility index (Phi) is 4.52. The lowest BCUT2D eigenvalue weighted by Gasteiger charge is -2.31. The molecule has 3 heteroatoms. The topological polar surface area (TPSA) is 49.3 Å². The van der Waals surface area contributed by atoms with Crippen molar-refractivity contribution in [2.45, 2.75) is 65.8 Å². The molecule has 1 rings (SSSR count). The number of amides is 1. The van der Waals surface area contributed by atoms with Crippen LogP contribution < -0.4 is 5.32 Å². The standard InChI is InChI=1S/C17H27NO2/c1-11-8-13(16(2,3)4)12(10-18-15(19)20)14(9-11)17(5,6)7/h8-9,18H,10H2,1-7H3,(H,19,20). The molecule has 0 aliphatic carbocycles. The van der Waals surface area contributed by atoms with Gasteiger partial charge in [0.05, 0.1) is 0 Å². The van der Waals surface area contributed by atoms with Gasteiger partial charge in [0.2, 0.25) is 0 Å². The Hall–Kier alpha value is -1.51. The van der Waals surface area contributed by atoms with Crippen molar-refractivity contribution < 1.29 is 9.90 Å². The normalized spacial score (nSPS) is 12.3. The first-order chi connectivity index (χ1) is 8.93. The van der Waals surface area contributed by atoms with Crippen LogP contribution in [-0.2, 0) is 17.4 Å². The highest BCUT2D eigenvalue weighted by atomic mass is 16.4. The van der Waals surface area contributed by atoms with Gasteiger partial charge in [0.15, 0.2) is 0 Å². The van der Waals surface area contributed by atoms with Crippen LogP contribution in [0.4, 0.5) is 4.79 Å². The molecular weight excluding hydrogens is 250 g/mol. The number of carbonyl (C=O) groups is 1. The Morgan fingerprint density at radius 2 is 1.45 bits per heavy atom. The number of aryl methyl sites for hydroxylation is 1. The Morgan fingerprint density at radius 3 is 1.75 bits per heavy atom. The summed E-state index contributed by atoms with van der Waals surface area (Å²) in [5, 5.41) is 11.4. The minimum Gasteiger partial charge on any atom is -0.465 e. The molecule has 0 aromatic heterocycles. The van der Waals surface area contributed by atoms with E-state index in [0.717, 1.165) is 5.56 Å². The highest BCUT2D eigenvalue weighted by Gasteiger charge is 2.26. The van der Waals surface area contributed by atoms with E-state index in [1.165, 1.54) is 16.7 Å². The predicted octanol–water partition coefficient (Wildman–Crippen LogP) is 4.36. The summed E-state index contributed by atoms with van der Waals surface area (Å²) < 4.78 is 0. The summed E-state index contributed by atoms with van der Waals surface area (Å²) in [6, 6.07) is 4.35. The molecule has 2 N–H and O–H groups in total. The van der Waals surface area contributed by atoms with Crippen molar-refractivity contribution in [2.24, 2.45) is 0 Å². The molecule has 1 aromatic rings. The number of rotatable bonds is 2. The number of nitrogens with one attached hydrogen (secondary N) is 1. The van der Waals surface area contributed by atoms with Crippen LogP contribution in [0.15, 0.2) is 12.1 Å². The molecule has 0 atom stereocenters. The summed E-state index contributed by atoms with van der Waals surface area (Å²) in [6.07, 6.45) is -0.981. The zero-order chi connectivity index (χ0) is 15.7. The van der Waals surface area contributed by atoms with Gasteiger partial charge in [0, 0.05) is 6.54 Å². The SMILES string of the molecule is Cc1cc(C(C)(C)C)c(CNC(=O)O)c(C(C)(C)C)c1. The first-order valence-corrected chi connectivity index (χ1v) is 7.04. The van der Waals surface area contributed by atoms with E-state index in [2.05, 4.69) is 65.9 Å². The lowest BCUT2D eigenvalue weighted by Crippen LogP contribution is -2.27. The Labute approximate surface area is 122 Å². The molecule has 0 saturated heterocycles. The van der Waals surface area contributed by atoms with E-state index < -0.39 is 6.09 Å². The van der Waals surface area contributed by atoms with E-state index >= 15 is 0 Å². The van der Waals surface area contributed by atoms with Gasteiger partial charge in [-0.1, -0.05) is 59.2 Å². The third kappa shape index (κ3) is 3.99. The van der Waals surface area contributed by atoms with E-state index in [0.29, 0.717) is 6.54 Å². The van der Waals surface area contributed by atoms with E-state index in [-0.39, 0.29) is 10.8 Å². The molecule has 0 fully saturated rings. The number of benzene rings is 1. The zero-order valence-electron chi connectivity index (χ0n) is 13.7. The summed E-state index contributed by atoms with van der Waals surface area (Å²) in [6.45, 7) is 15.4. The van der Waals surface area contributed by atoms with Crippen LogP contribution in [0.2, 0.25) is 0 Å². The minimum atomic E-state index is -0.981. The lowest BCUT2D eigenvalue weighted by molar-refractivity contribution is 0.194. The fraction of sp³-hybridized carbons (Fsp3) is 0.588. The third-order valence-corrected chi connectivity index (χ3v) is 3.43. The Balaban J connectivity index is 3.50. The second kappa shape index (κ2) is 5.47. The first-order valence-electron chi connectivity index (χ1n) is 7.04. The van der Waals surface area contributed by atoms with E-state index in [1.807, 2.05) is 0 Å². The van der Waals surface area contributed by atoms with Gasteiger partial charge in [0.1, 0.15) is 0 Å². The molecule has 0 bridgehead atoms. The van der Waals surface area contributed by atoms with Gasteiger partial charge < -0.3 is 10.4 Å². The Morgan fingerprint density at radius 1 is 1.05 bits per heavy atom. The smallest absolute Gasteiger partial charge is 0.404 e. The van der Waals surface area contributed by atoms with Crippen LogP contribution in [0.1, 0.15) is 63.8 Å². The van der Waals surface area contributed by atoms with Gasteiger partial charge in [-0.3, -0.25) is 0 Å². The van der Waals surface area contributed by atoms with Crippen molar-refractivity contribution in [3.63, 3.8) is 0 Å². The summed E-state index contributed by atoms with van der Waals surface area (Å²) in [5.41, 5.74) is 4.74. The van der Waals surface area contributed by atoms with Crippen LogP contribution in [0, 0.1) is 6.92 Å². The third-order valence-electron chi connectivity index (χ3n) is 3.43. The van der Waals surface area contributed by atoms with Crippen LogP contribution in [0.3, 0.4) is 0 Å². The number of hydrogen-bond donors (Lipinski definition) is 2. The van der Waals surface area contributed by atoms with Crippen molar-refractivity contribution >= 4 is 6.09 Å². The maximum Gasteiger partial charge on any atom is 0.404 e. The van der Waals surface area contributed by atoms with E-state index in [9.17, 15) is 4.79 Å². The maximum atomic E-state index is 10.9. The van der Waals surface area contributed by atoms with Gasteiger partial charge in [-0.15, -0.1) is 0 Å². The van der Waals surface area contributed by atoms with Crippen molar-refractivity contribution in [2.75, 3.05) is 0 Å². The number of carboxylic acid groups (broad SMARTS) is 1. The average Bonchev–Trinajstić information content (AvgIpc) is 2.23. The Bertz CT molecular complexity index is 470. The number of hydrogen-bond acceptors (Lipinski definition) is 1. The van der Waals surface area contributed by atoms with Crippen molar-refractivity contribution in [3.05, 3.63) is 34.4 Å². The lowest BCUT2D eigenvalue weighted by atomic mass is 9.75. The summed E-state index contributed by atoms with van der Waals surface area (Å²) in [5.74, 6) is 0. The molecule has 20 heavy (non-hydrogen) atoms. The average molecular weight is 277 g/mol. The fourth-order valence-corrected chi connectivity index (χ4v) is 2.51. The van der Waals surface area contributed by atoms with Crippen molar-refractivity contribution in [1.29, 1.82) is 0 Å². The minimum absolute atomic E-state index is 0.0124. The second-order valence-electron chi connectivity index (χ2n) is 7.50. The molecule has 112 valence electrons. The first kappa shape index (κ1) is 16.5.